The van der Waals surface area contributed by atoms with Gasteiger partial charge in [0.05, 0.1) is 18.4 Å². The molecule has 2 aromatic rings. The molecule has 0 saturated heterocycles. The lowest BCUT2D eigenvalue weighted by molar-refractivity contribution is -0.119. The highest BCUT2D eigenvalue weighted by molar-refractivity contribution is 6.04. The topological polar surface area (TPSA) is 58.6 Å². The maximum absolute atomic E-state index is 13.3. The van der Waals surface area contributed by atoms with Crippen molar-refractivity contribution in [1.29, 1.82) is 0 Å². The fraction of sp³-hybridized carbons (Fsp3) is 0.500. The molecule has 2 heterocycles. The van der Waals surface area contributed by atoms with Crippen LogP contribution in [0, 0.1) is 30.3 Å². The number of rotatable bonds is 5. The Morgan fingerprint density at radius 3 is 2.42 bits per heavy atom. The molecule has 1 saturated carbocycles. The minimum absolute atomic E-state index is 0.00866. The van der Waals surface area contributed by atoms with Crippen LogP contribution in [0.25, 0.3) is 0 Å². The van der Waals surface area contributed by atoms with Gasteiger partial charge in [0.15, 0.2) is 23.3 Å². The predicted molar refractivity (Wildman–Crippen MR) is 109 cm³/mol. The third-order valence-corrected chi connectivity index (χ3v) is 6.22. The molecule has 1 aromatic carbocycles. The Morgan fingerprint density at radius 1 is 1.13 bits per heavy atom. The molecular formula is C22H25F3N4O2. The number of fused-ring (bicyclic) bond motifs is 1. The van der Waals surface area contributed by atoms with Crippen molar-refractivity contribution in [2.24, 2.45) is 5.92 Å². The molecule has 1 aliphatic heterocycles. The largest absolute Gasteiger partial charge is 0.374 e. The second kappa shape index (κ2) is 8.11. The van der Waals surface area contributed by atoms with E-state index in [9.17, 15) is 18.0 Å². The number of amides is 1. The smallest absolute Gasteiger partial charge is 0.249 e. The van der Waals surface area contributed by atoms with Crippen LogP contribution >= 0.6 is 0 Å². The molecule has 6 nitrogen and oxygen atoms in total. The Morgan fingerprint density at radius 2 is 1.77 bits per heavy atom. The number of aryl methyl sites for hydroxylation is 1. The minimum atomic E-state index is -1.47. The van der Waals surface area contributed by atoms with E-state index in [1.54, 1.807) is 11.9 Å². The molecule has 2 aliphatic rings. The van der Waals surface area contributed by atoms with Gasteiger partial charge in [0.1, 0.15) is 17.6 Å². The van der Waals surface area contributed by atoms with E-state index in [4.69, 9.17) is 9.72 Å². The summed E-state index contributed by atoms with van der Waals surface area (Å²) < 4.78 is 45.4. The predicted octanol–water partition coefficient (Wildman–Crippen LogP) is 3.54. The maximum Gasteiger partial charge on any atom is 0.249 e. The normalized spacial score (nSPS) is 23.1. The van der Waals surface area contributed by atoms with Crippen LogP contribution in [-0.2, 0) is 22.6 Å². The van der Waals surface area contributed by atoms with Gasteiger partial charge in [-0.05, 0) is 50.3 Å². The second-order valence-corrected chi connectivity index (χ2v) is 8.43. The number of aromatic nitrogens is 2. The molecule has 0 unspecified atom stereocenters. The molecule has 1 aromatic heterocycles. The van der Waals surface area contributed by atoms with Crippen LogP contribution in [0.15, 0.2) is 12.1 Å². The van der Waals surface area contributed by atoms with Gasteiger partial charge in [0.25, 0.3) is 0 Å². The summed E-state index contributed by atoms with van der Waals surface area (Å²) in [6.45, 7) is 3.76. The molecular weight excluding hydrogens is 409 g/mol. The monoisotopic (exact) mass is 434 g/mol. The first-order valence-electron chi connectivity index (χ1n) is 10.3. The van der Waals surface area contributed by atoms with Crippen molar-refractivity contribution in [3.05, 3.63) is 46.7 Å². The van der Waals surface area contributed by atoms with Crippen molar-refractivity contribution in [3.63, 3.8) is 0 Å². The first-order valence-corrected chi connectivity index (χ1v) is 10.3. The summed E-state index contributed by atoms with van der Waals surface area (Å²) in [4.78, 5) is 25.2. The quantitative estimate of drug-likeness (QED) is 0.674. The molecule has 4 rings (SSSR count). The lowest BCUT2D eigenvalue weighted by atomic mass is 9.80. The van der Waals surface area contributed by atoms with Crippen molar-refractivity contribution in [2.45, 2.75) is 51.9 Å². The zero-order valence-corrected chi connectivity index (χ0v) is 18.0. The zero-order chi connectivity index (χ0) is 22.4. The number of anilines is 2. The van der Waals surface area contributed by atoms with Gasteiger partial charge in [-0.25, -0.2) is 23.1 Å². The first-order chi connectivity index (χ1) is 14.7. The van der Waals surface area contributed by atoms with Crippen molar-refractivity contribution in [1.82, 2.24) is 9.97 Å². The summed E-state index contributed by atoms with van der Waals surface area (Å²) in [5.74, 6) is -2.06. The number of hydrogen-bond donors (Lipinski definition) is 0. The van der Waals surface area contributed by atoms with Crippen LogP contribution in [0.2, 0.25) is 0 Å². The van der Waals surface area contributed by atoms with Crippen LogP contribution in [0.4, 0.5) is 24.7 Å². The van der Waals surface area contributed by atoms with Crippen LogP contribution < -0.4 is 9.80 Å². The average Bonchev–Trinajstić information content (AvgIpc) is 2.69. The molecule has 1 amide bonds. The van der Waals surface area contributed by atoms with E-state index in [-0.39, 0.29) is 30.2 Å². The lowest BCUT2D eigenvalue weighted by Gasteiger charge is -2.38. The molecule has 166 valence electrons. The van der Waals surface area contributed by atoms with Crippen LogP contribution in [0.1, 0.15) is 36.8 Å². The van der Waals surface area contributed by atoms with Gasteiger partial charge in [-0.15, -0.1) is 0 Å². The van der Waals surface area contributed by atoms with Gasteiger partial charge < -0.3 is 14.5 Å². The third-order valence-electron chi connectivity index (χ3n) is 6.22. The Kier molecular flexibility index (Phi) is 5.63. The highest BCUT2D eigenvalue weighted by Crippen LogP contribution is 2.37. The van der Waals surface area contributed by atoms with E-state index in [0.29, 0.717) is 12.3 Å². The molecule has 0 bridgehead atoms. The Bertz CT molecular complexity index is 1000. The summed E-state index contributed by atoms with van der Waals surface area (Å²) in [7, 11) is 3.60. The van der Waals surface area contributed by atoms with Crippen LogP contribution in [0.3, 0.4) is 0 Å². The van der Waals surface area contributed by atoms with Gasteiger partial charge in [-0.3, -0.25) is 4.79 Å². The van der Waals surface area contributed by atoms with E-state index in [0.717, 1.165) is 48.0 Å². The Labute approximate surface area is 179 Å². The van der Waals surface area contributed by atoms with Crippen molar-refractivity contribution >= 4 is 17.4 Å². The van der Waals surface area contributed by atoms with Crippen LogP contribution in [-0.4, -0.2) is 42.1 Å². The summed E-state index contributed by atoms with van der Waals surface area (Å²) in [5.41, 5.74) is 1.77. The average molecular weight is 434 g/mol. The van der Waals surface area contributed by atoms with E-state index in [1.807, 2.05) is 25.8 Å². The fourth-order valence-corrected chi connectivity index (χ4v) is 4.22. The number of ether oxygens (including phenoxy) is 1. The summed E-state index contributed by atoms with van der Waals surface area (Å²) >= 11 is 0. The summed E-state index contributed by atoms with van der Waals surface area (Å²) in [6.07, 6.45) is 2.24. The van der Waals surface area contributed by atoms with Crippen molar-refractivity contribution < 1.29 is 22.7 Å². The molecule has 31 heavy (non-hydrogen) atoms. The van der Waals surface area contributed by atoms with Gasteiger partial charge in [-0.2, -0.15) is 0 Å². The number of carbonyl (C=O) groups is 1. The van der Waals surface area contributed by atoms with Crippen LogP contribution in [0.5, 0.6) is 0 Å². The number of nitrogens with zero attached hydrogens (tertiary/aromatic N) is 4. The summed E-state index contributed by atoms with van der Waals surface area (Å²) in [6, 6.07) is 1.62. The molecule has 9 heteroatoms. The highest BCUT2D eigenvalue weighted by Gasteiger charge is 2.36. The fourth-order valence-electron chi connectivity index (χ4n) is 4.22. The second-order valence-electron chi connectivity index (χ2n) is 8.43. The molecule has 0 N–H and O–H groups in total. The third kappa shape index (κ3) is 3.98. The highest BCUT2D eigenvalue weighted by atomic mass is 19.2. The van der Waals surface area contributed by atoms with Gasteiger partial charge in [0.2, 0.25) is 5.91 Å². The summed E-state index contributed by atoms with van der Waals surface area (Å²) in [5, 5.41) is 0. The number of likely N-dealkylation sites (N-methyl/N-ethyl adjacent to an activating group) is 2. The lowest BCUT2D eigenvalue weighted by Crippen LogP contribution is -2.50. The first kappa shape index (κ1) is 21.5. The van der Waals surface area contributed by atoms with Gasteiger partial charge in [-0.1, -0.05) is 0 Å². The van der Waals surface area contributed by atoms with E-state index in [2.05, 4.69) is 4.98 Å². The molecule has 1 aliphatic carbocycles. The molecule has 0 radical (unpaired) electrons. The number of benzene rings is 1. The molecule has 1 fully saturated rings. The van der Waals surface area contributed by atoms with E-state index >= 15 is 0 Å². The molecule has 1 atom stereocenters. The maximum atomic E-state index is 13.3. The number of hydrogen-bond acceptors (Lipinski definition) is 5. The van der Waals surface area contributed by atoms with Gasteiger partial charge >= 0.3 is 0 Å². The van der Waals surface area contributed by atoms with Gasteiger partial charge in [0, 0.05) is 20.5 Å². The van der Waals surface area contributed by atoms with Crippen molar-refractivity contribution in [2.75, 3.05) is 23.9 Å². The van der Waals surface area contributed by atoms with E-state index < -0.39 is 17.5 Å². The Hall–Kier alpha value is -2.68. The SMILES string of the molecule is Cc1nc(CC2CC(OCc3cc(F)c(F)c(F)c3)C2)nc2c1N(C)C(=O)[C@H](C)N2C. The van der Waals surface area contributed by atoms with Crippen molar-refractivity contribution in [3.8, 4) is 0 Å². The standard InChI is InChI=1S/C22H25F3N4O2/c1-11-20-21(28(3)12(2)22(30)29(20)4)27-18(26-11)9-13-5-15(6-13)31-10-14-7-16(23)19(25)17(24)8-14/h7-8,12-13,15H,5-6,9-10H2,1-4H3/t12-,13?,15?/m0/s1. The number of halogens is 3. The minimum Gasteiger partial charge on any atom is -0.374 e. The van der Waals surface area contributed by atoms with E-state index in [1.165, 1.54) is 0 Å². The molecule has 0 spiro atoms. The Balaban J connectivity index is 1.36. The number of carbonyl (C=O) groups excluding carboxylic acids is 1. The zero-order valence-electron chi connectivity index (χ0n) is 18.0.